The highest BCUT2D eigenvalue weighted by Gasteiger charge is 2.17. The van der Waals surface area contributed by atoms with Gasteiger partial charge >= 0.3 is 0 Å². The van der Waals surface area contributed by atoms with Gasteiger partial charge in [0.1, 0.15) is 0 Å². The molecule has 0 saturated heterocycles. The highest BCUT2D eigenvalue weighted by Crippen LogP contribution is 2.22. The van der Waals surface area contributed by atoms with Crippen LogP contribution in [0.2, 0.25) is 0 Å². The van der Waals surface area contributed by atoms with Crippen LogP contribution in [-0.2, 0) is 0 Å². The molecule has 15 heavy (non-hydrogen) atoms. The summed E-state index contributed by atoms with van der Waals surface area (Å²) in [5, 5.41) is 9.86. The van der Waals surface area contributed by atoms with E-state index in [-0.39, 0.29) is 6.04 Å². The molecular formula is C13H21NO. The van der Waals surface area contributed by atoms with Crippen LogP contribution >= 0.6 is 0 Å². The molecule has 0 heterocycles. The summed E-state index contributed by atoms with van der Waals surface area (Å²) >= 11 is 0. The molecule has 84 valence electrons. The van der Waals surface area contributed by atoms with Crippen molar-refractivity contribution < 1.29 is 5.11 Å². The average molecular weight is 207 g/mol. The third-order valence-electron chi connectivity index (χ3n) is 3.00. The van der Waals surface area contributed by atoms with Gasteiger partial charge in [-0.15, -0.1) is 0 Å². The predicted molar refractivity (Wildman–Crippen MR) is 63.8 cm³/mol. The van der Waals surface area contributed by atoms with Gasteiger partial charge in [-0.1, -0.05) is 31.5 Å². The quantitative estimate of drug-likeness (QED) is 0.796. The molecule has 0 amide bonds. The molecule has 1 aromatic rings. The Kier molecular flexibility index (Phi) is 4.30. The third-order valence-corrected chi connectivity index (χ3v) is 3.00. The zero-order chi connectivity index (χ0) is 11.4. The van der Waals surface area contributed by atoms with Crippen molar-refractivity contribution in [3.63, 3.8) is 0 Å². The highest BCUT2D eigenvalue weighted by atomic mass is 16.3. The van der Waals surface area contributed by atoms with E-state index >= 15 is 0 Å². The van der Waals surface area contributed by atoms with Crippen LogP contribution in [0.4, 0.5) is 0 Å². The van der Waals surface area contributed by atoms with Crippen LogP contribution in [0.25, 0.3) is 0 Å². The van der Waals surface area contributed by atoms with E-state index in [4.69, 9.17) is 5.73 Å². The van der Waals surface area contributed by atoms with Crippen LogP contribution in [0, 0.1) is 13.8 Å². The Labute approximate surface area is 92.1 Å². The van der Waals surface area contributed by atoms with Crippen LogP contribution in [-0.4, -0.2) is 11.2 Å². The lowest BCUT2D eigenvalue weighted by Gasteiger charge is -2.21. The monoisotopic (exact) mass is 207 g/mol. The minimum absolute atomic E-state index is 0.259. The van der Waals surface area contributed by atoms with Crippen LogP contribution in [0.3, 0.4) is 0 Å². The van der Waals surface area contributed by atoms with Gasteiger partial charge in [-0.05, 0) is 37.0 Å². The van der Waals surface area contributed by atoms with Crippen molar-refractivity contribution in [1.82, 2.24) is 0 Å². The summed E-state index contributed by atoms with van der Waals surface area (Å²) in [4.78, 5) is 0. The maximum atomic E-state index is 9.86. The Morgan fingerprint density at radius 2 is 2.00 bits per heavy atom. The number of aliphatic hydroxyl groups excluding tert-OH is 1. The van der Waals surface area contributed by atoms with Crippen molar-refractivity contribution in [1.29, 1.82) is 0 Å². The number of nitrogens with two attached hydrogens (primary N) is 1. The number of hydrogen-bond acceptors (Lipinski definition) is 2. The molecule has 0 saturated carbocycles. The van der Waals surface area contributed by atoms with E-state index in [1.165, 1.54) is 11.1 Å². The topological polar surface area (TPSA) is 46.2 Å². The predicted octanol–water partition coefficient (Wildman–Crippen LogP) is 2.46. The van der Waals surface area contributed by atoms with E-state index in [1.54, 1.807) is 0 Å². The molecule has 0 aliphatic rings. The Hall–Kier alpha value is -0.860. The van der Waals surface area contributed by atoms with Crippen LogP contribution in [0.5, 0.6) is 0 Å². The molecule has 0 aliphatic heterocycles. The zero-order valence-corrected chi connectivity index (χ0v) is 9.83. The summed E-state index contributed by atoms with van der Waals surface area (Å²) in [5.41, 5.74) is 9.53. The molecule has 0 bridgehead atoms. The molecule has 3 N–H and O–H groups in total. The highest BCUT2D eigenvalue weighted by molar-refractivity contribution is 5.35. The second-order valence-electron chi connectivity index (χ2n) is 4.17. The van der Waals surface area contributed by atoms with Crippen molar-refractivity contribution in [2.75, 3.05) is 0 Å². The van der Waals surface area contributed by atoms with E-state index in [1.807, 2.05) is 12.1 Å². The summed E-state index contributed by atoms with van der Waals surface area (Å²) in [5.74, 6) is 0. The molecular weight excluding hydrogens is 186 g/mol. The first-order valence-electron chi connectivity index (χ1n) is 5.57. The number of benzene rings is 1. The molecule has 1 rings (SSSR count). The van der Waals surface area contributed by atoms with Crippen LogP contribution < -0.4 is 5.73 Å². The summed E-state index contributed by atoms with van der Waals surface area (Å²) in [6.07, 6.45) is 1.28. The molecule has 0 unspecified atom stereocenters. The summed E-state index contributed by atoms with van der Waals surface area (Å²) in [6.45, 7) is 6.18. The first-order chi connectivity index (χ1) is 7.07. The minimum atomic E-state index is -0.435. The van der Waals surface area contributed by atoms with E-state index < -0.39 is 6.10 Å². The second kappa shape index (κ2) is 5.29. The maximum absolute atomic E-state index is 9.86. The van der Waals surface area contributed by atoms with Gasteiger partial charge in [0.2, 0.25) is 0 Å². The lowest BCUT2D eigenvalue weighted by atomic mass is 9.93. The summed E-state index contributed by atoms with van der Waals surface area (Å²) in [6, 6.07) is 5.81. The van der Waals surface area contributed by atoms with Gasteiger partial charge in [0.15, 0.2) is 0 Å². The largest absolute Gasteiger partial charge is 0.391 e. The fourth-order valence-electron chi connectivity index (χ4n) is 1.82. The van der Waals surface area contributed by atoms with Crippen molar-refractivity contribution >= 4 is 0 Å². The second-order valence-corrected chi connectivity index (χ2v) is 4.17. The van der Waals surface area contributed by atoms with Gasteiger partial charge in [0.25, 0.3) is 0 Å². The van der Waals surface area contributed by atoms with Crippen molar-refractivity contribution in [3.8, 4) is 0 Å². The fraction of sp³-hybridized carbons (Fsp3) is 0.538. The molecule has 1 aromatic carbocycles. The van der Waals surface area contributed by atoms with Gasteiger partial charge < -0.3 is 10.8 Å². The first kappa shape index (κ1) is 12.2. The number of rotatable bonds is 4. The molecule has 2 heteroatoms. The van der Waals surface area contributed by atoms with Crippen molar-refractivity contribution in [2.24, 2.45) is 5.73 Å². The molecule has 0 aliphatic carbocycles. The summed E-state index contributed by atoms with van der Waals surface area (Å²) in [7, 11) is 0. The Morgan fingerprint density at radius 1 is 1.33 bits per heavy atom. The van der Waals surface area contributed by atoms with Crippen molar-refractivity contribution in [3.05, 3.63) is 34.9 Å². The Bertz CT molecular complexity index is 322. The normalized spacial score (nSPS) is 15.0. The van der Waals surface area contributed by atoms with Gasteiger partial charge in [-0.2, -0.15) is 0 Å². The molecule has 0 aromatic heterocycles. The minimum Gasteiger partial charge on any atom is -0.391 e. The van der Waals surface area contributed by atoms with Gasteiger partial charge in [-0.3, -0.25) is 0 Å². The van der Waals surface area contributed by atoms with Crippen LogP contribution in [0.1, 0.15) is 42.5 Å². The zero-order valence-electron chi connectivity index (χ0n) is 9.83. The average Bonchev–Trinajstić information content (AvgIpc) is 2.21. The molecule has 0 spiro atoms. The summed E-state index contributed by atoms with van der Waals surface area (Å²) < 4.78 is 0. The van der Waals surface area contributed by atoms with Gasteiger partial charge in [-0.25, -0.2) is 0 Å². The van der Waals surface area contributed by atoms with E-state index in [0.29, 0.717) is 0 Å². The lowest BCUT2D eigenvalue weighted by molar-refractivity contribution is 0.134. The molecule has 2 nitrogen and oxygen atoms in total. The van der Waals surface area contributed by atoms with E-state index in [2.05, 4.69) is 26.8 Å². The molecule has 0 fully saturated rings. The molecule has 0 radical (unpaired) electrons. The number of aliphatic hydroxyl groups is 1. The van der Waals surface area contributed by atoms with Crippen molar-refractivity contribution in [2.45, 2.75) is 45.8 Å². The number of hydrogen-bond donors (Lipinski definition) is 2. The van der Waals surface area contributed by atoms with Crippen LogP contribution in [0.15, 0.2) is 18.2 Å². The standard InChI is InChI=1S/C13H21NO/c1-4-6-12(15)13(14)11-8-5-7-9(2)10(11)3/h5,7-8,12-13,15H,4,6,14H2,1-3H3/t12-,13+/m0/s1. The lowest BCUT2D eigenvalue weighted by Crippen LogP contribution is -2.26. The number of aryl methyl sites for hydroxylation is 1. The Balaban J connectivity index is 2.90. The Morgan fingerprint density at radius 3 is 2.60 bits per heavy atom. The van der Waals surface area contributed by atoms with E-state index in [0.717, 1.165) is 18.4 Å². The smallest absolute Gasteiger partial charge is 0.0732 e. The van der Waals surface area contributed by atoms with Gasteiger partial charge in [0.05, 0.1) is 12.1 Å². The molecule has 2 atom stereocenters. The SMILES string of the molecule is CCC[C@H](O)[C@H](N)c1cccc(C)c1C. The third kappa shape index (κ3) is 2.80. The van der Waals surface area contributed by atoms with E-state index in [9.17, 15) is 5.11 Å². The maximum Gasteiger partial charge on any atom is 0.0732 e. The fourth-order valence-corrected chi connectivity index (χ4v) is 1.82. The first-order valence-corrected chi connectivity index (χ1v) is 5.57. The van der Waals surface area contributed by atoms with Gasteiger partial charge in [0, 0.05) is 0 Å².